The predicted octanol–water partition coefficient (Wildman–Crippen LogP) is 4.28. The van der Waals surface area contributed by atoms with Crippen LogP contribution in [0.15, 0.2) is 28.7 Å². The van der Waals surface area contributed by atoms with Gasteiger partial charge in [0.1, 0.15) is 11.5 Å². The molecular weight excluding hydrogens is 283 g/mol. The molecule has 90 valence electrons. The number of nitrogens with one attached hydrogen (secondary N) is 1. The first-order valence-electron chi connectivity index (χ1n) is 5.40. The van der Waals surface area contributed by atoms with Crippen molar-refractivity contribution in [2.45, 2.75) is 26.2 Å². The summed E-state index contributed by atoms with van der Waals surface area (Å²) in [5.74, 6) is -0.255. The number of halogens is 2. The topological polar surface area (TPSA) is 28.7 Å². The Bertz CT molecular complexity index is 541. The van der Waals surface area contributed by atoms with Crippen molar-refractivity contribution >= 4 is 15.9 Å². The van der Waals surface area contributed by atoms with Gasteiger partial charge < -0.3 is 0 Å². The largest absolute Gasteiger partial charge is 0.280 e. The minimum Gasteiger partial charge on any atom is -0.280 e. The maximum Gasteiger partial charge on any atom is 0.123 e. The molecule has 1 aromatic carbocycles. The minimum absolute atomic E-state index is 0.0303. The van der Waals surface area contributed by atoms with Crippen LogP contribution in [0.3, 0.4) is 0 Å². The number of hydrogen-bond acceptors (Lipinski definition) is 1. The van der Waals surface area contributed by atoms with E-state index in [1.165, 1.54) is 12.1 Å². The average Bonchev–Trinajstić information content (AvgIpc) is 2.59. The molecule has 0 spiro atoms. The van der Waals surface area contributed by atoms with Gasteiger partial charge in [-0.2, -0.15) is 5.10 Å². The number of aromatic nitrogens is 2. The van der Waals surface area contributed by atoms with Crippen LogP contribution in [0.25, 0.3) is 11.3 Å². The van der Waals surface area contributed by atoms with Gasteiger partial charge in [-0.1, -0.05) is 32.9 Å². The zero-order chi connectivity index (χ0) is 12.6. The first kappa shape index (κ1) is 12.3. The molecule has 0 radical (unpaired) electrons. The standard InChI is InChI=1S/C13H14BrFN2/c1-13(2,3)12-10(14)11(16-17-12)8-5-4-6-9(15)7-8/h4-7H,1-3H3,(H,16,17). The van der Waals surface area contributed by atoms with E-state index in [1.807, 2.05) is 6.07 Å². The molecule has 2 aromatic rings. The molecule has 17 heavy (non-hydrogen) atoms. The molecule has 0 saturated carbocycles. The second-order valence-electron chi connectivity index (χ2n) is 5.02. The van der Waals surface area contributed by atoms with Crippen molar-refractivity contribution in [3.05, 3.63) is 40.2 Å². The summed E-state index contributed by atoms with van der Waals surface area (Å²) in [4.78, 5) is 0. The molecule has 0 fully saturated rings. The highest BCUT2D eigenvalue weighted by Gasteiger charge is 2.22. The Balaban J connectivity index is 2.52. The first-order chi connectivity index (χ1) is 7.89. The molecule has 1 aromatic heterocycles. The van der Waals surface area contributed by atoms with Gasteiger partial charge in [0.15, 0.2) is 0 Å². The number of H-pyrrole nitrogens is 1. The fourth-order valence-corrected chi connectivity index (χ4v) is 2.65. The van der Waals surface area contributed by atoms with E-state index >= 15 is 0 Å². The highest BCUT2D eigenvalue weighted by Crippen LogP contribution is 2.35. The van der Waals surface area contributed by atoms with Gasteiger partial charge in [-0.15, -0.1) is 0 Å². The summed E-state index contributed by atoms with van der Waals surface area (Å²) in [7, 11) is 0. The fraction of sp³-hybridized carbons (Fsp3) is 0.308. The van der Waals surface area contributed by atoms with Gasteiger partial charge in [0.2, 0.25) is 0 Å². The van der Waals surface area contributed by atoms with Crippen molar-refractivity contribution in [3.8, 4) is 11.3 Å². The van der Waals surface area contributed by atoms with Crippen LogP contribution in [0.1, 0.15) is 26.5 Å². The quantitative estimate of drug-likeness (QED) is 0.836. The molecule has 0 saturated heterocycles. The summed E-state index contributed by atoms with van der Waals surface area (Å²) in [5.41, 5.74) is 2.49. The summed E-state index contributed by atoms with van der Waals surface area (Å²) in [6.45, 7) is 6.29. The second kappa shape index (κ2) is 4.26. The number of rotatable bonds is 1. The summed E-state index contributed by atoms with van der Waals surface area (Å²) in [5, 5.41) is 7.27. The molecule has 0 aliphatic heterocycles. The highest BCUT2D eigenvalue weighted by atomic mass is 79.9. The third-order valence-electron chi connectivity index (χ3n) is 2.55. The summed E-state index contributed by atoms with van der Waals surface area (Å²) in [6.07, 6.45) is 0. The zero-order valence-electron chi connectivity index (χ0n) is 10.0. The van der Waals surface area contributed by atoms with Gasteiger partial charge >= 0.3 is 0 Å². The number of benzene rings is 1. The van der Waals surface area contributed by atoms with E-state index in [-0.39, 0.29) is 11.2 Å². The lowest BCUT2D eigenvalue weighted by molar-refractivity contribution is 0.564. The van der Waals surface area contributed by atoms with Crippen LogP contribution in [0.4, 0.5) is 4.39 Å². The maximum absolute atomic E-state index is 13.2. The Labute approximate surface area is 108 Å². The van der Waals surface area contributed by atoms with E-state index < -0.39 is 0 Å². The lowest BCUT2D eigenvalue weighted by atomic mass is 9.92. The van der Waals surface area contributed by atoms with Crippen LogP contribution in [0.5, 0.6) is 0 Å². The lowest BCUT2D eigenvalue weighted by Gasteiger charge is -2.16. The Morgan fingerprint density at radius 2 is 2.00 bits per heavy atom. The zero-order valence-corrected chi connectivity index (χ0v) is 11.6. The van der Waals surface area contributed by atoms with Gasteiger partial charge in [-0.3, -0.25) is 5.10 Å². The van der Waals surface area contributed by atoms with Gasteiger partial charge in [-0.25, -0.2) is 4.39 Å². The Morgan fingerprint density at radius 3 is 2.53 bits per heavy atom. The minimum atomic E-state index is -0.255. The molecule has 0 amide bonds. The number of nitrogens with zero attached hydrogens (tertiary/aromatic N) is 1. The number of hydrogen-bond donors (Lipinski definition) is 1. The van der Waals surface area contributed by atoms with Gasteiger partial charge in [-0.05, 0) is 28.1 Å². The maximum atomic E-state index is 13.2. The smallest absolute Gasteiger partial charge is 0.123 e. The highest BCUT2D eigenvalue weighted by molar-refractivity contribution is 9.10. The van der Waals surface area contributed by atoms with Crippen molar-refractivity contribution in [3.63, 3.8) is 0 Å². The van der Waals surface area contributed by atoms with Crippen LogP contribution < -0.4 is 0 Å². The van der Waals surface area contributed by atoms with E-state index in [0.29, 0.717) is 0 Å². The predicted molar refractivity (Wildman–Crippen MR) is 70.4 cm³/mol. The molecule has 0 unspecified atom stereocenters. The molecule has 0 aliphatic carbocycles. The molecule has 0 bridgehead atoms. The van der Waals surface area contributed by atoms with Gasteiger partial charge in [0.05, 0.1) is 10.2 Å². The van der Waals surface area contributed by atoms with Crippen molar-refractivity contribution in [2.24, 2.45) is 0 Å². The van der Waals surface area contributed by atoms with Crippen LogP contribution >= 0.6 is 15.9 Å². The van der Waals surface area contributed by atoms with E-state index in [2.05, 4.69) is 46.9 Å². The Kier molecular flexibility index (Phi) is 3.08. The molecule has 1 N–H and O–H groups in total. The summed E-state index contributed by atoms with van der Waals surface area (Å²) in [6, 6.07) is 6.43. The van der Waals surface area contributed by atoms with E-state index in [4.69, 9.17) is 0 Å². The molecule has 0 atom stereocenters. The molecule has 2 rings (SSSR count). The molecular formula is C13H14BrFN2. The molecule has 1 heterocycles. The van der Waals surface area contributed by atoms with Crippen molar-refractivity contribution in [1.29, 1.82) is 0 Å². The summed E-state index contributed by atoms with van der Waals surface area (Å²) < 4.78 is 14.1. The van der Waals surface area contributed by atoms with E-state index in [9.17, 15) is 4.39 Å². The SMILES string of the molecule is CC(C)(C)c1[nH]nc(-c2cccc(F)c2)c1Br. The summed E-state index contributed by atoms with van der Waals surface area (Å²) >= 11 is 3.53. The van der Waals surface area contributed by atoms with Gasteiger partial charge in [0, 0.05) is 11.0 Å². The first-order valence-corrected chi connectivity index (χ1v) is 6.19. The average molecular weight is 297 g/mol. The molecule has 2 nitrogen and oxygen atoms in total. The van der Waals surface area contributed by atoms with Crippen LogP contribution in [0.2, 0.25) is 0 Å². The lowest BCUT2D eigenvalue weighted by Crippen LogP contribution is -2.12. The van der Waals surface area contributed by atoms with E-state index in [1.54, 1.807) is 6.07 Å². The number of aromatic amines is 1. The van der Waals surface area contributed by atoms with Crippen molar-refractivity contribution < 1.29 is 4.39 Å². The third kappa shape index (κ3) is 2.41. The Hall–Kier alpha value is -1.16. The monoisotopic (exact) mass is 296 g/mol. The van der Waals surface area contributed by atoms with Crippen LogP contribution in [-0.4, -0.2) is 10.2 Å². The van der Waals surface area contributed by atoms with Crippen LogP contribution in [0, 0.1) is 5.82 Å². The Morgan fingerprint density at radius 1 is 1.29 bits per heavy atom. The van der Waals surface area contributed by atoms with Gasteiger partial charge in [0.25, 0.3) is 0 Å². The van der Waals surface area contributed by atoms with Crippen LogP contribution in [-0.2, 0) is 5.41 Å². The second-order valence-corrected chi connectivity index (χ2v) is 5.81. The molecule has 0 aliphatic rings. The molecule has 4 heteroatoms. The van der Waals surface area contributed by atoms with Crippen molar-refractivity contribution in [2.75, 3.05) is 0 Å². The third-order valence-corrected chi connectivity index (χ3v) is 3.33. The fourth-order valence-electron chi connectivity index (χ4n) is 1.65. The van der Waals surface area contributed by atoms with Crippen molar-refractivity contribution in [1.82, 2.24) is 10.2 Å². The normalized spacial score (nSPS) is 11.8. The van der Waals surface area contributed by atoms with E-state index in [0.717, 1.165) is 21.4 Å².